The number of likely N-dealkylation sites (tertiary alicyclic amines) is 1. The van der Waals surface area contributed by atoms with E-state index in [2.05, 4.69) is 5.32 Å². The Kier molecular flexibility index (Phi) is 5.07. The quantitative estimate of drug-likeness (QED) is 0.846. The molecule has 0 unspecified atom stereocenters. The minimum Gasteiger partial charge on any atom is -0.481 e. The molecule has 2 aromatic rings. The van der Waals surface area contributed by atoms with E-state index in [1.165, 1.54) is 0 Å². The maximum Gasteiger partial charge on any atom is 0.394 e. The Labute approximate surface area is 153 Å². The predicted molar refractivity (Wildman–Crippen MR) is 93.1 cm³/mol. The number of carboxylic acid groups (broad SMARTS) is 1. The average molecular weight is 378 g/mol. The Morgan fingerprint density at radius 3 is 2.22 bits per heavy atom. The molecule has 1 fully saturated rings. The topological polar surface area (TPSA) is 69.6 Å². The van der Waals surface area contributed by atoms with Crippen LogP contribution in [0.25, 0.3) is 11.1 Å². The monoisotopic (exact) mass is 378 g/mol. The Morgan fingerprint density at radius 1 is 1.00 bits per heavy atom. The predicted octanol–water partition coefficient (Wildman–Crippen LogP) is 4.08. The smallest absolute Gasteiger partial charge is 0.394 e. The first kappa shape index (κ1) is 18.8. The maximum absolute atomic E-state index is 13.1. The summed E-state index contributed by atoms with van der Waals surface area (Å²) in [4.78, 5) is 24.6. The highest BCUT2D eigenvalue weighted by Gasteiger charge is 2.53. The molecule has 1 aliphatic rings. The Hall–Kier alpha value is -3.03. The maximum atomic E-state index is 13.1. The number of para-hydroxylation sites is 1. The van der Waals surface area contributed by atoms with Crippen molar-refractivity contribution in [3.05, 3.63) is 54.6 Å². The van der Waals surface area contributed by atoms with Crippen LogP contribution in [0.2, 0.25) is 0 Å². The number of nitrogens with one attached hydrogen (secondary N) is 1. The summed E-state index contributed by atoms with van der Waals surface area (Å²) in [5.74, 6) is -5.30. The van der Waals surface area contributed by atoms with Crippen LogP contribution in [0.15, 0.2) is 54.6 Å². The molecule has 0 saturated carbocycles. The molecule has 1 saturated heterocycles. The third kappa shape index (κ3) is 4.05. The standard InChI is InChI=1S/C19H17F3N2O3/c20-19(21,22)15-11-24(10-14(15)17(25)26)18(27)23-16-9-5-4-8-13(16)12-6-2-1-3-7-12/h1-9,14-15H,10-11H2,(H,23,27)(H,25,26)/t14-,15-/m1/s1. The number of carbonyl (C=O) groups is 2. The minimum atomic E-state index is -4.68. The number of rotatable bonds is 3. The van der Waals surface area contributed by atoms with Crippen LogP contribution in [0.4, 0.5) is 23.7 Å². The zero-order valence-electron chi connectivity index (χ0n) is 14.1. The van der Waals surface area contributed by atoms with Gasteiger partial charge >= 0.3 is 18.2 Å². The summed E-state index contributed by atoms with van der Waals surface area (Å²) >= 11 is 0. The van der Waals surface area contributed by atoms with Crippen molar-refractivity contribution in [3.63, 3.8) is 0 Å². The highest BCUT2D eigenvalue weighted by Crippen LogP contribution is 2.38. The van der Waals surface area contributed by atoms with Gasteiger partial charge in [-0.1, -0.05) is 48.5 Å². The number of benzene rings is 2. The molecule has 2 N–H and O–H groups in total. The molecular weight excluding hydrogens is 361 g/mol. The molecule has 0 aromatic heterocycles. The van der Waals surface area contributed by atoms with E-state index in [9.17, 15) is 22.8 Å². The number of amides is 2. The molecule has 0 spiro atoms. The number of hydrogen-bond donors (Lipinski definition) is 2. The largest absolute Gasteiger partial charge is 0.481 e. The van der Waals surface area contributed by atoms with Crippen molar-refractivity contribution in [2.45, 2.75) is 6.18 Å². The second kappa shape index (κ2) is 7.30. The second-order valence-corrected chi connectivity index (χ2v) is 6.34. The summed E-state index contributed by atoms with van der Waals surface area (Å²) in [5.41, 5.74) is 2.00. The first-order valence-electron chi connectivity index (χ1n) is 8.27. The number of halogens is 3. The Balaban J connectivity index is 1.80. The fourth-order valence-electron chi connectivity index (χ4n) is 3.21. The Morgan fingerprint density at radius 2 is 1.63 bits per heavy atom. The number of aliphatic carboxylic acids is 1. The molecule has 1 heterocycles. The average Bonchev–Trinajstić information content (AvgIpc) is 3.09. The summed E-state index contributed by atoms with van der Waals surface area (Å²) in [7, 11) is 0. The van der Waals surface area contributed by atoms with Crippen molar-refractivity contribution in [3.8, 4) is 11.1 Å². The molecule has 0 aliphatic carbocycles. The summed E-state index contributed by atoms with van der Waals surface area (Å²) < 4.78 is 39.3. The molecule has 3 rings (SSSR count). The van der Waals surface area contributed by atoms with Crippen LogP contribution in [-0.4, -0.2) is 41.3 Å². The zero-order chi connectivity index (χ0) is 19.6. The van der Waals surface area contributed by atoms with E-state index >= 15 is 0 Å². The van der Waals surface area contributed by atoms with E-state index in [1.807, 2.05) is 30.3 Å². The lowest BCUT2D eigenvalue weighted by atomic mass is 9.96. The molecule has 1 aliphatic heterocycles. The molecule has 8 heteroatoms. The number of alkyl halides is 3. The number of urea groups is 1. The number of carboxylic acids is 1. The second-order valence-electron chi connectivity index (χ2n) is 6.34. The van der Waals surface area contributed by atoms with Crippen molar-refractivity contribution in [1.82, 2.24) is 4.90 Å². The van der Waals surface area contributed by atoms with E-state index < -0.39 is 43.1 Å². The summed E-state index contributed by atoms with van der Waals surface area (Å²) in [6.07, 6.45) is -4.68. The van der Waals surface area contributed by atoms with Gasteiger partial charge in [-0.05, 0) is 11.6 Å². The number of anilines is 1. The lowest BCUT2D eigenvalue weighted by molar-refractivity contribution is -0.187. The molecule has 5 nitrogen and oxygen atoms in total. The SMILES string of the molecule is O=C(O)[C@@H]1CN(C(=O)Nc2ccccc2-c2ccccc2)C[C@H]1C(F)(F)F. The third-order valence-corrected chi connectivity index (χ3v) is 4.60. The van der Waals surface area contributed by atoms with Crippen LogP contribution in [0.1, 0.15) is 0 Å². The van der Waals surface area contributed by atoms with E-state index in [0.29, 0.717) is 11.3 Å². The normalized spacial score (nSPS) is 19.7. The van der Waals surface area contributed by atoms with Crippen LogP contribution >= 0.6 is 0 Å². The molecular formula is C19H17F3N2O3. The van der Waals surface area contributed by atoms with Crippen LogP contribution in [0.3, 0.4) is 0 Å². The van der Waals surface area contributed by atoms with Gasteiger partial charge in [-0.25, -0.2) is 4.79 Å². The molecule has 0 bridgehead atoms. The van der Waals surface area contributed by atoms with Gasteiger partial charge in [-0.3, -0.25) is 4.79 Å². The van der Waals surface area contributed by atoms with Gasteiger partial charge in [-0.2, -0.15) is 13.2 Å². The molecule has 0 radical (unpaired) electrons. The lowest BCUT2D eigenvalue weighted by Crippen LogP contribution is -2.35. The first-order chi connectivity index (χ1) is 12.8. The van der Waals surface area contributed by atoms with Gasteiger partial charge in [0.15, 0.2) is 0 Å². The van der Waals surface area contributed by atoms with Gasteiger partial charge in [-0.15, -0.1) is 0 Å². The number of carbonyl (C=O) groups excluding carboxylic acids is 1. The van der Waals surface area contributed by atoms with Crippen molar-refractivity contribution in [1.29, 1.82) is 0 Å². The molecule has 2 amide bonds. The fraction of sp³-hybridized carbons (Fsp3) is 0.263. The van der Waals surface area contributed by atoms with Gasteiger partial charge in [0, 0.05) is 18.7 Å². The Bertz CT molecular complexity index is 840. The summed E-state index contributed by atoms with van der Waals surface area (Å²) in [6.45, 7) is -1.17. The van der Waals surface area contributed by atoms with Crippen LogP contribution in [-0.2, 0) is 4.79 Å². The molecule has 2 atom stereocenters. The first-order valence-corrected chi connectivity index (χ1v) is 8.27. The van der Waals surface area contributed by atoms with E-state index in [4.69, 9.17) is 5.11 Å². The molecule has 27 heavy (non-hydrogen) atoms. The van der Waals surface area contributed by atoms with Crippen LogP contribution in [0.5, 0.6) is 0 Å². The summed E-state index contributed by atoms with van der Waals surface area (Å²) in [6, 6.07) is 15.4. The number of nitrogens with zero attached hydrogens (tertiary/aromatic N) is 1. The van der Waals surface area contributed by atoms with Gasteiger partial charge in [0.2, 0.25) is 0 Å². The van der Waals surface area contributed by atoms with Gasteiger partial charge in [0.1, 0.15) is 0 Å². The van der Waals surface area contributed by atoms with E-state index in [0.717, 1.165) is 10.5 Å². The molecule has 142 valence electrons. The summed E-state index contributed by atoms with van der Waals surface area (Å²) in [5, 5.41) is 11.7. The van der Waals surface area contributed by atoms with Crippen LogP contribution in [0, 0.1) is 11.8 Å². The van der Waals surface area contributed by atoms with Crippen molar-refractivity contribution in [2.75, 3.05) is 18.4 Å². The number of hydrogen-bond acceptors (Lipinski definition) is 2. The van der Waals surface area contributed by atoms with Gasteiger partial charge in [0.05, 0.1) is 17.5 Å². The van der Waals surface area contributed by atoms with Crippen molar-refractivity contribution in [2.24, 2.45) is 11.8 Å². The molecule has 2 aromatic carbocycles. The third-order valence-electron chi connectivity index (χ3n) is 4.60. The lowest BCUT2D eigenvalue weighted by Gasteiger charge is -2.19. The van der Waals surface area contributed by atoms with Gasteiger partial charge in [0.25, 0.3) is 0 Å². The van der Waals surface area contributed by atoms with Crippen LogP contribution < -0.4 is 5.32 Å². The minimum absolute atomic E-state index is 0.441. The zero-order valence-corrected chi connectivity index (χ0v) is 14.1. The van der Waals surface area contributed by atoms with Gasteiger partial charge < -0.3 is 15.3 Å². The highest BCUT2D eigenvalue weighted by atomic mass is 19.4. The van der Waals surface area contributed by atoms with E-state index in [-0.39, 0.29) is 0 Å². The highest BCUT2D eigenvalue weighted by molar-refractivity contribution is 5.95. The van der Waals surface area contributed by atoms with Crippen molar-refractivity contribution < 1.29 is 27.9 Å². The van der Waals surface area contributed by atoms with Crippen molar-refractivity contribution >= 4 is 17.7 Å². The fourth-order valence-corrected chi connectivity index (χ4v) is 3.21. The van der Waals surface area contributed by atoms with E-state index in [1.54, 1.807) is 24.3 Å².